The van der Waals surface area contributed by atoms with E-state index < -0.39 is 60.1 Å². The van der Waals surface area contributed by atoms with Gasteiger partial charge in [0.2, 0.25) is 0 Å². The van der Waals surface area contributed by atoms with Gasteiger partial charge >= 0.3 is 46.6 Å². The predicted molar refractivity (Wildman–Crippen MR) is 212 cm³/mol. The second-order valence-electron chi connectivity index (χ2n) is 12.6. The van der Waals surface area contributed by atoms with Crippen LogP contribution in [0.15, 0.2) is 92.4 Å². The van der Waals surface area contributed by atoms with Crippen molar-refractivity contribution in [2.75, 3.05) is 21.3 Å². The van der Waals surface area contributed by atoms with Crippen LogP contribution in [0.3, 0.4) is 0 Å². The van der Waals surface area contributed by atoms with Crippen molar-refractivity contribution < 1.29 is 104 Å². The van der Waals surface area contributed by atoms with E-state index in [2.05, 4.69) is 41.2 Å². The Morgan fingerprint density at radius 3 is 1.02 bits per heavy atom. The van der Waals surface area contributed by atoms with Crippen LogP contribution in [-0.4, -0.2) is 67.3 Å². The molecule has 1 aliphatic rings. The third kappa shape index (κ3) is 8.46. The Balaban J connectivity index is 0.00000139. The van der Waals surface area contributed by atoms with Crippen molar-refractivity contribution in [1.29, 1.82) is 0 Å². The van der Waals surface area contributed by atoms with E-state index in [1.54, 1.807) is 0 Å². The number of aromatic amines is 2. The van der Waals surface area contributed by atoms with Crippen molar-refractivity contribution >= 4 is 130 Å². The van der Waals surface area contributed by atoms with Crippen LogP contribution in [0.4, 0.5) is 46.5 Å². The van der Waals surface area contributed by atoms with Gasteiger partial charge in [0.1, 0.15) is 10.1 Å². The van der Waals surface area contributed by atoms with E-state index in [9.17, 15) is 51.9 Å². The van der Waals surface area contributed by atoms with E-state index >= 15 is 0 Å². The summed E-state index contributed by atoms with van der Waals surface area (Å²) >= 11 is 0. The summed E-state index contributed by atoms with van der Waals surface area (Å²) in [4.78, 5) is 27.5. The van der Waals surface area contributed by atoms with Crippen molar-refractivity contribution in [2.24, 2.45) is 0 Å². The fourth-order valence-electron chi connectivity index (χ4n) is 6.62. The molecule has 0 saturated heterocycles. The number of nitrogens with one attached hydrogen (secondary N) is 6. The molecule has 8 aromatic rings. The van der Waals surface area contributed by atoms with Crippen LogP contribution in [-0.2, 0) is 57.5 Å². The van der Waals surface area contributed by atoms with Crippen LogP contribution in [0.5, 0.6) is 0 Å². The van der Waals surface area contributed by atoms with E-state index in [-0.39, 0.29) is 126 Å². The van der Waals surface area contributed by atoms with Gasteiger partial charge in [-0.25, -0.2) is 8.42 Å². The van der Waals surface area contributed by atoms with Gasteiger partial charge in [-0.2, -0.15) is 25.3 Å². The zero-order chi connectivity index (χ0) is 41.7. The molecule has 0 aliphatic carbocycles. The molecule has 8 bridgehead atoms. The quantitative estimate of drug-likeness (QED) is 0.0879. The largest absolute Gasteiger partial charge is 2.00 e. The summed E-state index contributed by atoms with van der Waals surface area (Å²) in [5.74, 6) is 0.694. The standard InChI is InChI=1S/C32H22N8O12S4.Fe.Na.O2.H2O/c41-53(42,43)13-1-5-17-21(9-13)29-33-25(17)37-30-22-10-14(54(44,45)46)2-6-18(22)27(34-30)39-32-24-12-16(56(50,51)52)4-8-20(24)28(36-32)40-31-23-11-15(55(47,48)49)3-7-19(23)26(35-31)38-29;;;1-2;/h1-12,33,36-40H,(H,41,42,43)(H,44,45,46)(H,47,48,49)(H,50,51,52);;;;1H2/q-2;+2;+1;;/p-1. The smallest absolute Gasteiger partial charge is 0.744 e. The van der Waals surface area contributed by atoms with Crippen LogP contribution >= 0.6 is 0 Å². The van der Waals surface area contributed by atoms with Crippen molar-refractivity contribution in [3.63, 3.8) is 0 Å². The van der Waals surface area contributed by atoms with Gasteiger partial charge in [0, 0.05) is 54.7 Å². The van der Waals surface area contributed by atoms with Crippen LogP contribution < -0.4 is 60.8 Å². The summed E-state index contributed by atoms with van der Waals surface area (Å²) in [6, 6.07) is 14.5. The van der Waals surface area contributed by atoms with Crippen LogP contribution in [0, 0.1) is 9.93 Å². The number of H-pyrrole nitrogens is 2. The fourth-order valence-corrected chi connectivity index (χ4v) is 8.64. The monoisotopic (exact) mass is 966 g/mol. The van der Waals surface area contributed by atoms with Crippen molar-refractivity contribution in [3.8, 4) is 0 Å². The summed E-state index contributed by atoms with van der Waals surface area (Å²) in [6.45, 7) is 0. The molecular formula is C32H23FeN8NaO15S4. The molecule has 4 aromatic heterocycles. The molecule has 11 N–H and O–H groups in total. The number of aromatic nitrogens is 4. The molecule has 0 radical (unpaired) electrons. The third-order valence-corrected chi connectivity index (χ3v) is 12.5. The van der Waals surface area contributed by atoms with Gasteiger partial charge in [-0.05, 0) is 70.1 Å². The first-order valence-electron chi connectivity index (χ1n) is 15.9. The topological polar surface area (TPSA) is 394 Å². The van der Waals surface area contributed by atoms with Gasteiger partial charge in [0.05, 0.1) is 42.9 Å². The SMILES string of the molecule is O.O=O.O=S(=O)([O-])c1ccc2c3[n-]c(c2c1)Nc1[nH]c(c2cc(S(=O)(=O)O)ccc12)Nc1[n-]c(c2cc(S(=O)(=O)O)ccc12)Nc1[nH]c(c2cc(S(=O)(=O)O)ccc12)N3.[Fe+2].[Na+]. The molecule has 29 heteroatoms. The van der Waals surface area contributed by atoms with Crippen molar-refractivity contribution in [2.45, 2.75) is 19.6 Å². The molecule has 9 rings (SSSR count). The van der Waals surface area contributed by atoms with Gasteiger partial charge in [-0.1, -0.05) is 24.3 Å². The molecular weight excluding hydrogens is 943 g/mol. The average molecular weight is 967 g/mol. The fraction of sp³-hybridized carbons (Fsp3) is 0. The predicted octanol–water partition coefficient (Wildman–Crippen LogP) is 1.05. The van der Waals surface area contributed by atoms with E-state index in [1.807, 2.05) is 0 Å². The Bertz CT molecular complexity index is 3070. The molecule has 0 fully saturated rings. The molecule has 0 spiro atoms. The summed E-state index contributed by atoms with van der Waals surface area (Å²) in [6.07, 6.45) is 0. The summed E-state index contributed by atoms with van der Waals surface area (Å²) in [7, 11) is -19.1. The average Bonchev–Trinajstić information content (AvgIpc) is 3.88. The molecule has 5 heterocycles. The van der Waals surface area contributed by atoms with Crippen LogP contribution in [0.2, 0.25) is 0 Å². The maximum Gasteiger partial charge on any atom is 2.00 e. The molecule has 0 unspecified atom stereocenters. The zero-order valence-electron chi connectivity index (χ0n) is 30.1. The Labute approximate surface area is 374 Å². The minimum atomic E-state index is -4.95. The summed E-state index contributed by atoms with van der Waals surface area (Å²) in [5.41, 5.74) is 0. The molecule has 0 amide bonds. The van der Waals surface area contributed by atoms with Gasteiger partial charge in [-0.3, -0.25) is 13.7 Å². The van der Waals surface area contributed by atoms with Crippen molar-refractivity contribution in [3.05, 3.63) is 82.7 Å². The van der Waals surface area contributed by atoms with Gasteiger partial charge in [0.15, 0.2) is 0 Å². The third-order valence-electron chi connectivity index (χ3n) is 9.17. The van der Waals surface area contributed by atoms with Gasteiger partial charge in [-0.15, -0.1) is 0 Å². The Morgan fingerprint density at radius 1 is 0.426 bits per heavy atom. The van der Waals surface area contributed by atoms with Crippen LogP contribution in [0.25, 0.3) is 43.1 Å². The Kier molecular flexibility index (Phi) is 12.6. The molecule has 61 heavy (non-hydrogen) atoms. The maximum absolute atomic E-state index is 12.2. The van der Waals surface area contributed by atoms with E-state index in [1.165, 1.54) is 36.4 Å². The number of hydrogen-bond donors (Lipinski definition) is 9. The molecule has 0 saturated carbocycles. The summed E-state index contributed by atoms with van der Waals surface area (Å²) in [5, 5.41) is 14.2. The van der Waals surface area contributed by atoms with Crippen LogP contribution in [0.1, 0.15) is 0 Å². The normalized spacial score (nSPS) is 12.7. The molecule has 1 aliphatic heterocycles. The minimum Gasteiger partial charge on any atom is -0.744 e. The maximum atomic E-state index is 12.2. The van der Waals surface area contributed by atoms with E-state index in [4.69, 9.17) is 9.93 Å². The Morgan fingerprint density at radius 2 is 0.689 bits per heavy atom. The first-order chi connectivity index (χ1) is 27.2. The first kappa shape index (κ1) is 47.0. The number of anilines is 8. The first-order valence-corrected chi connectivity index (χ1v) is 21.6. The van der Waals surface area contributed by atoms with Gasteiger partial charge in [0.25, 0.3) is 30.4 Å². The number of fused-ring (bicyclic) bond motifs is 20. The second kappa shape index (κ2) is 16.3. The van der Waals surface area contributed by atoms with E-state index in [0.717, 1.165) is 36.4 Å². The molecule has 314 valence electrons. The van der Waals surface area contributed by atoms with Gasteiger partial charge < -0.3 is 51.2 Å². The molecule has 0 atom stereocenters. The minimum absolute atomic E-state index is 0. The number of rotatable bonds is 4. The molecule has 23 nitrogen and oxygen atoms in total. The Hall–Kier alpha value is -5.04. The zero-order valence-corrected chi connectivity index (χ0v) is 36.5. The number of nitrogens with zero attached hydrogens (tertiary/aromatic N) is 2. The van der Waals surface area contributed by atoms with E-state index in [0.29, 0.717) is 16.2 Å². The van der Waals surface area contributed by atoms with Crippen molar-refractivity contribution in [1.82, 2.24) is 19.9 Å². The second-order valence-corrected chi connectivity index (χ2v) is 18.2. The number of benzene rings is 4. The number of hydrogen-bond acceptors (Lipinski definition) is 15. The molecule has 4 aromatic carbocycles. The summed E-state index contributed by atoms with van der Waals surface area (Å²) < 4.78 is 139.